The van der Waals surface area contributed by atoms with Crippen LogP contribution in [-0.2, 0) is 6.42 Å². The van der Waals surface area contributed by atoms with Gasteiger partial charge in [0.15, 0.2) is 0 Å². The normalized spacial score (nSPS) is 10.9. The number of hydrogen-bond acceptors (Lipinski definition) is 4. The van der Waals surface area contributed by atoms with Gasteiger partial charge in [-0.3, -0.25) is 0 Å². The molecule has 22 heavy (non-hydrogen) atoms. The zero-order valence-corrected chi connectivity index (χ0v) is 13.1. The second kappa shape index (κ2) is 6.44. The number of nitrogens with two attached hydrogens (primary N) is 1. The molecule has 0 aliphatic heterocycles. The standard InChI is InChI=1S/C15H13Cl2N5/c16-9-1-2-10(12(17)7-9)14-11(15-19-5-6-20-15)8-21-13(22-14)3-4-18/h1-2,5-8H,3-4,18H2,(H,19,20). The summed E-state index contributed by atoms with van der Waals surface area (Å²) < 4.78 is 0. The lowest BCUT2D eigenvalue weighted by molar-refractivity contribution is 0.870. The van der Waals surface area contributed by atoms with Gasteiger partial charge in [-0.25, -0.2) is 15.0 Å². The van der Waals surface area contributed by atoms with Crippen LogP contribution in [-0.4, -0.2) is 26.5 Å². The lowest BCUT2D eigenvalue weighted by Gasteiger charge is -2.10. The SMILES string of the molecule is NCCc1ncc(-c2ncc[nH]2)c(-c2ccc(Cl)cc2Cl)n1. The predicted molar refractivity (Wildman–Crippen MR) is 87.8 cm³/mol. The van der Waals surface area contributed by atoms with Crippen molar-refractivity contribution in [2.45, 2.75) is 6.42 Å². The number of nitrogens with one attached hydrogen (secondary N) is 1. The van der Waals surface area contributed by atoms with E-state index < -0.39 is 0 Å². The molecule has 3 aromatic rings. The van der Waals surface area contributed by atoms with E-state index in [1.807, 2.05) is 6.07 Å². The van der Waals surface area contributed by atoms with Crippen molar-refractivity contribution >= 4 is 23.2 Å². The molecule has 0 bridgehead atoms. The molecule has 7 heteroatoms. The number of hydrogen-bond donors (Lipinski definition) is 2. The van der Waals surface area contributed by atoms with Gasteiger partial charge >= 0.3 is 0 Å². The fraction of sp³-hybridized carbons (Fsp3) is 0.133. The van der Waals surface area contributed by atoms with Crippen LogP contribution in [0.4, 0.5) is 0 Å². The molecule has 0 fully saturated rings. The third-order valence-corrected chi connectivity index (χ3v) is 3.69. The molecule has 2 heterocycles. The fourth-order valence-corrected chi connectivity index (χ4v) is 2.64. The summed E-state index contributed by atoms with van der Waals surface area (Å²) in [6.07, 6.45) is 5.75. The molecule has 0 aliphatic carbocycles. The second-order valence-electron chi connectivity index (χ2n) is 4.65. The Bertz CT molecular complexity index is 787. The number of H-pyrrole nitrogens is 1. The summed E-state index contributed by atoms with van der Waals surface area (Å²) in [5, 5.41) is 1.10. The van der Waals surface area contributed by atoms with Crippen LogP contribution >= 0.6 is 23.2 Å². The van der Waals surface area contributed by atoms with E-state index >= 15 is 0 Å². The molecule has 0 atom stereocenters. The number of aromatic amines is 1. The first-order valence-electron chi connectivity index (χ1n) is 6.70. The van der Waals surface area contributed by atoms with Crippen molar-refractivity contribution in [1.82, 2.24) is 19.9 Å². The largest absolute Gasteiger partial charge is 0.345 e. The first-order valence-corrected chi connectivity index (χ1v) is 7.46. The summed E-state index contributed by atoms with van der Waals surface area (Å²) in [7, 11) is 0. The number of imidazole rings is 1. The lowest BCUT2D eigenvalue weighted by Crippen LogP contribution is -2.07. The highest BCUT2D eigenvalue weighted by Gasteiger charge is 2.15. The van der Waals surface area contributed by atoms with Crippen LogP contribution in [0.5, 0.6) is 0 Å². The number of halogens is 2. The number of nitrogens with zero attached hydrogens (tertiary/aromatic N) is 3. The van der Waals surface area contributed by atoms with Gasteiger partial charge in [0.25, 0.3) is 0 Å². The zero-order chi connectivity index (χ0) is 15.5. The Kier molecular flexibility index (Phi) is 4.38. The molecular formula is C15H13Cl2N5. The highest BCUT2D eigenvalue weighted by atomic mass is 35.5. The van der Waals surface area contributed by atoms with E-state index in [9.17, 15) is 0 Å². The molecule has 0 spiro atoms. The fourth-order valence-electron chi connectivity index (χ4n) is 2.14. The van der Waals surface area contributed by atoms with Gasteiger partial charge in [-0.2, -0.15) is 0 Å². The molecule has 0 radical (unpaired) electrons. The van der Waals surface area contributed by atoms with E-state index in [0.29, 0.717) is 40.4 Å². The Labute approximate surface area is 137 Å². The van der Waals surface area contributed by atoms with Gasteiger partial charge in [0, 0.05) is 35.6 Å². The lowest BCUT2D eigenvalue weighted by atomic mass is 10.1. The summed E-state index contributed by atoms with van der Waals surface area (Å²) in [6.45, 7) is 0.480. The molecule has 2 aromatic heterocycles. The molecule has 1 aromatic carbocycles. The summed E-state index contributed by atoms with van der Waals surface area (Å²) in [6, 6.07) is 5.31. The molecule has 112 valence electrons. The van der Waals surface area contributed by atoms with Crippen LogP contribution in [0.2, 0.25) is 10.0 Å². The Morgan fingerprint density at radius 2 is 2.00 bits per heavy atom. The first-order chi connectivity index (χ1) is 10.7. The molecular weight excluding hydrogens is 321 g/mol. The van der Waals surface area contributed by atoms with Gasteiger partial charge in [0.1, 0.15) is 11.6 Å². The molecule has 3 N–H and O–H groups in total. The maximum absolute atomic E-state index is 6.33. The maximum Gasteiger partial charge on any atom is 0.141 e. The number of benzene rings is 1. The van der Waals surface area contributed by atoms with Crippen molar-refractivity contribution in [3.63, 3.8) is 0 Å². The van der Waals surface area contributed by atoms with Crippen molar-refractivity contribution in [2.75, 3.05) is 6.54 Å². The Morgan fingerprint density at radius 3 is 2.68 bits per heavy atom. The van der Waals surface area contributed by atoms with Crippen LogP contribution < -0.4 is 5.73 Å². The van der Waals surface area contributed by atoms with Gasteiger partial charge in [-0.15, -0.1) is 0 Å². The summed E-state index contributed by atoms with van der Waals surface area (Å²) in [4.78, 5) is 16.3. The maximum atomic E-state index is 6.33. The van der Waals surface area contributed by atoms with Crippen molar-refractivity contribution in [3.8, 4) is 22.6 Å². The minimum Gasteiger partial charge on any atom is -0.345 e. The van der Waals surface area contributed by atoms with Gasteiger partial charge in [0.2, 0.25) is 0 Å². The van der Waals surface area contributed by atoms with Gasteiger partial charge < -0.3 is 10.7 Å². The van der Waals surface area contributed by atoms with Crippen molar-refractivity contribution < 1.29 is 0 Å². The Balaban J connectivity index is 2.20. The van der Waals surface area contributed by atoms with Gasteiger partial charge in [-0.05, 0) is 24.7 Å². The van der Waals surface area contributed by atoms with E-state index in [4.69, 9.17) is 28.9 Å². The smallest absolute Gasteiger partial charge is 0.141 e. The predicted octanol–water partition coefficient (Wildman–Crippen LogP) is 3.34. The molecule has 0 unspecified atom stereocenters. The summed E-state index contributed by atoms with van der Waals surface area (Å²) in [5.41, 5.74) is 7.84. The van der Waals surface area contributed by atoms with Crippen molar-refractivity contribution in [2.24, 2.45) is 5.73 Å². The van der Waals surface area contributed by atoms with E-state index in [1.54, 1.807) is 30.7 Å². The van der Waals surface area contributed by atoms with Crippen LogP contribution in [0.1, 0.15) is 5.82 Å². The van der Waals surface area contributed by atoms with Crippen molar-refractivity contribution in [1.29, 1.82) is 0 Å². The average molecular weight is 334 g/mol. The second-order valence-corrected chi connectivity index (χ2v) is 5.49. The van der Waals surface area contributed by atoms with Crippen LogP contribution in [0.3, 0.4) is 0 Å². The average Bonchev–Trinajstić information content (AvgIpc) is 3.02. The van der Waals surface area contributed by atoms with Gasteiger partial charge in [0.05, 0.1) is 16.3 Å². The molecule has 0 saturated carbocycles. The highest BCUT2D eigenvalue weighted by Crippen LogP contribution is 2.34. The minimum atomic E-state index is 0.480. The van der Waals surface area contributed by atoms with E-state index in [2.05, 4.69) is 19.9 Å². The summed E-state index contributed by atoms with van der Waals surface area (Å²) >= 11 is 12.3. The van der Waals surface area contributed by atoms with Crippen LogP contribution in [0.25, 0.3) is 22.6 Å². The van der Waals surface area contributed by atoms with E-state index in [-0.39, 0.29) is 0 Å². The molecule has 5 nitrogen and oxygen atoms in total. The molecule has 3 rings (SSSR count). The van der Waals surface area contributed by atoms with Crippen LogP contribution in [0, 0.1) is 0 Å². The zero-order valence-electron chi connectivity index (χ0n) is 11.6. The minimum absolute atomic E-state index is 0.480. The monoisotopic (exact) mass is 333 g/mol. The number of aromatic nitrogens is 4. The third kappa shape index (κ3) is 2.97. The van der Waals surface area contributed by atoms with E-state index in [0.717, 1.165) is 11.1 Å². The Morgan fingerprint density at radius 1 is 1.14 bits per heavy atom. The number of rotatable bonds is 4. The quantitative estimate of drug-likeness (QED) is 0.767. The topological polar surface area (TPSA) is 80.5 Å². The van der Waals surface area contributed by atoms with E-state index in [1.165, 1.54) is 0 Å². The Hall–Kier alpha value is -1.95. The van der Waals surface area contributed by atoms with Gasteiger partial charge in [-0.1, -0.05) is 23.2 Å². The summed E-state index contributed by atoms with van der Waals surface area (Å²) in [5.74, 6) is 1.35. The highest BCUT2D eigenvalue weighted by molar-refractivity contribution is 6.36. The van der Waals surface area contributed by atoms with Crippen LogP contribution in [0.15, 0.2) is 36.8 Å². The molecule has 0 amide bonds. The molecule has 0 aliphatic rings. The van der Waals surface area contributed by atoms with Crippen molar-refractivity contribution in [3.05, 3.63) is 52.7 Å². The molecule has 0 saturated heterocycles. The third-order valence-electron chi connectivity index (χ3n) is 3.15. The first kappa shape index (κ1) is 15.0.